The third kappa shape index (κ3) is 4.87. The Morgan fingerprint density at radius 3 is 1.69 bits per heavy atom. The summed E-state index contributed by atoms with van der Waals surface area (Å²) in [6.45, 7) is 0. The molecular weight excluding hydrogens is 582 g/mol. The van der Waals surface area contributed by atoms with Crippen LogP contribution in [-0.2, 0) is 5.50 Å². The van der Waals surface area contributed by atoms with Crippen molar-refractivity contribution in [3.05, 3.63) is 152 Å². The Balaban J connectivity index is 1.38. The number of rotatable bonds is 6. The SMILES string of the molecule is [B]C([B])([B])C([B])(O)c1nc2ccccc2n1-c1cccc(-c2c3ccccc3c(-c3cccc(-c4cccnc4)c3)c3ccccc23)c1. The molecule has 0 aliphatic heterocycles. The molecule has 0 spiro atoms. The van der Waals surface area contributed by atoms with Crippen LogP contribution in [0.1, 0.15) is 5.82 Å². The molecule has 4 nitrogen and oxygen atoms in total. The lowest BCUT2D eigenvalue weighted by molar-refractivity contribution is 0.118. The summed E-state index contributed by atoms with van der Waals surface area (Å²) in [7, 11) is 24.3. The standard InChI is InChI=1S/C40H25B4N3O/c41-39(48,40(42,43)44)38-46-34-19-5-6-20-35(34)47(38)29-14-8-12-27(23-29)37-32-17-3-1-15-30(32)36(31-16-2-4-18-33(31)37)26-11-7-10-25(22-26)28-13-9-21-45-24-28/h1-24,48H. The van der Waals surface area contributed by atoms with Crippen LogP contribution in [0.5, 0.6) is 0 Å². The van der Waals surface area contributed by atoms with Gasteiger partial charge in [0.2, 0.25) is 0 Å². The van der Waals surface area contributed by atoms with E-state index in [1.807, 2.05) is 48.7 Å². The number of aliphatic hydroxyl groups is 1. The first-order chi connectivity index (χ1) is 23.2. The summed E-state index contributed by atoms with van der Waals surface area (Å²) < 4.78 is 1.77. The summed E-state index contributed by atoms with van der Waals surface area (Å²) in [5.41, 5.74) is 6.19. The number of aromatic nitrogens is 3. The normalized spacial score (nSPS) is 13.2. The Kier molecular flexibility index (Phi) is 7.15. The highest BCUT2D eigenvalue weighted by atomic mass is 16.3. The molecule has 0 bridgehead atoms. The van der Waals surface area contributed by atoms with Crippen molar-refractivity contribution in [1.29, 1.82) is 0 Å². The van der Waals surface area contributed by atoms with Gasteiger partial charge in [0.1, 0.15) is 13.7 Å². The minimum Gasteiger partial charge on any atom is -0.394 e. The van der Waals surface area contributed by atoms with Gasteiger partial charge in [-0.25, -0.2) is 4.98 Å². The molecule has 218 valence electrons. The maximum Gasteiger partial charge on any atom is 0.135 e. The second kappa shape index (κ2) is 11.4. The molecule has 8 heteroatoms. The van der Waals surface area contributed by atoms with E-state index in [1.54, 1.807) is 10.8 Å². The minimum atomic E-state index is -2.35. The minimum absolute atomic E-state index is 0.0342. The number of benzene rings is 6. The van der Waals surface area contributed by atoms with E-state index in [0.29, 0.717) is 11.2 Å². The second-order valence-electron chi connectivity index (χ2n) is 12.2. The lowest BCUT2D eigenvalue weighted by Gasteiger charge is -2.39. The van der Waals surface area contributed by atoms with E-state index in [9.17, 15) is 5.11 Å². The fourth-order valence-corrected chi connectivity index (χ4v) is 6.68. The molecule has 2 aromatic heterocycles. The number of para-hydroxylation sites is 2. The Morgan fingerprint density at radius 1 is 0.542 bits per heavy atom. The highest BCUT2D eigenvalue weighted by Gasteiger charge is 2.39. The first kappa shape index (κ1) is 30.0. The van der Waals surface area contributed by atoms with E-state index in [4.69, 9.17) is 31.4 Å². The molecule has 8 rings (SSSR count). The molecule has 2 heterocycles. The fourth-order valence-electron chi connectivity index (χ4n) is 6.68. The van der Waals surface area contributed by atoms with Crippen LogP contribution in [0.4, 0.5) is 0 Å². The van der Waals surface area contributed by atoms with Crippen molar-refractivity contribution < 1.29 is 5.11 Å². The zero-order chi connectivity index (χ0) is 33.0. The predicted molar refractivity (Wildman–Crippen MR) is 200 cm³/mol. The van der Waals surface area contributed by atoms with E-state index < -0.39 is 10.6 Å². The third-order valence-electron chi connectivity index (χ3n) is 9.03. The van der Waals surface area contributed by atoms with Crippen LogP contribution in [0.25, 0.3) is 71.6 Å². The summed E-state index contributed by atoms with van der Waals surface area (Å²) in [4.78, 5) is 8.98. The van der Waals surface area contributed by atoms with E-state index in [0.717, 1.165) is 60.4 Å². The number of hydrogen-bond donors (Lipinski definition) is 1. The summed E-state index contributed by atoms with van der Waals surface area (Å²) in [6, 6.07) is 45.2. The van der Waals surface area contributed by atoms with Gasteiger partial charge < -0.3 is 5.11 Å². The highest BCUT2D eigenvalue weighted by Crippen LogP contribution is 2.45. The predicted octanol–water partition coefficient (Wildman–Crippen LogP) is 7.62. The lowest BCUT2D eigenvalue weighted by Crippen LogP contribution is -2.44. The van der Waals surface area contributed by atoms with Gasteiger partial charge in [0, 0.05) is 23.6 Å². The maximum atomic E-state index is 11.4. The lowest BCUT2D eigenvalue weighted by atomic mass is 9.32. The molecule has 8 aromatic rings. The Bertz CT molecular complexity index is 2430. The topological polar surface area (TPSA) is 50.9 Å². The van der Waals surface area contributed by atoms with Gasteiger partial charge in [0.25, 0.3) is 0 Å². The average Bonchev–Trinajstić information content (AvgIpc) is 3.51. The van der Waals surface area contributed by atoms with Crippen LogP contribution >= 0.6 is 0 Å². The molecule has 1 atom stereocenters. The molecule has 0 aliphatic carbocycles. The number of nitrogens with zero attached hydrogens (tertiary/aromatic N) is 3. The molecule has 0 aliphatic rings. The Hall–Kier alpha value is -5.32. The molecule has 6 aromatic carbocycles. The zero-order valence-electron chi connectivity index (χ0n) is 26.0. The zero-order valence-corrected chi connectivity index (χ0v) is 26.0. The van der Waals surface area contributed by atoms with Gasteiger partial charge in [0.05, 0.1) is 40.1 Å². The number of hydrogen-bond acceptors (Lipinski definition) is 3. The van der Waals surface area contributed by atoms with Gasteiger partial charge in [-0.2, -0.15) is 0 Å². The molecule has 0 amide bonds. The molecule has 0 saturated heterocycles. The molecular formula is C40H25B4N3O. The summed E-state index contributed by atoms with van der Waals surface area (Å²) in [5.74, 6) is 0.0342. The van der Waals surface area contributed by atoms with E-state index in [-0.39, 0.29) is 5.82 Å². The van der Waals surface area contributed by atoms with Gasteiger partial charge in [-0.15, -0.1) is 5.11 Å². The first-order valence-electron chi connectivity index (χ1n) is 15.6. The van der Waals surface area contributed by atoms with Gasteiger partial charge in [-0.3, -0.25) is 9.55 Å². The summed E-state index contributed by atoms with van der Waals surface area (Å²) in [5, 5.41) is 13.7. The van der Waals surface area contributed by atoms with Gasteiger partial charge in [0.15, 0.2) is 0 Å². The van der Waals surface area contributed by atoms with Gasteiger partial charge in [-0.1, -0.05) is 97.1 Å². The van der Waals surface area contributed by atoms with E-state index in [1.165, 1.54) is 0 Å². The fraction of sp³-hybridized carbons (Fsp3) is 0.0500. The maximum absolute atomic E-state index is 11.4. The molecule has 48 heavy (non-hydrogen) atoms. The summed E-state index contributed by atoms with van der Waals surface area (Å²) in [6.07, 6.45) is 3.68. The van der Waals surface area contributed by atoms with Crippen LogP contribution in [0.15, 0.2) is 146 Å². The van der Waals surface area contributed by atoms with Crippen LogP contribution < -0.4 is 0 Å². The van der Waals surface area contributed by atoms with Crippen LogP contribution in [0.2, 0.25) is 5.11 Å². The highest BCUT2D eigenvalue weighted by molar-refractivity contribution is 6.62. The first-order valence-corrected chi connectivity index (χ1v) is 15.6. The van der Waals surface area contributed by atoms with Crippen LogP contribution in [0, 0.1) is 0 Å². The van der Waals surface area contributed by atoms with Crippen molar-refractivity contribution in [1.82, 2.24) is 14.5 Å². The van der Waals surface area contributed by atoms with Crippen molar-refractivity contribution in [3.63, 3.8) is 0 Å². The molecule has 0 saturated carbocycles. The number of imidazole rings is 1. The van der Waals surface area contributed by atoms with Gasteiger partial charge >= 0.3 is 0 Å². The van der Waals surface area contributed by atoms with Crippen LogP contribution in [-0.4, -0.2) is 51.0 Å². The number of pyridine rings is 1. The molecule has 0 fully saturated rings. The van der Waals surface area contributed by atoms with Crippen molar-refractivity contribution in [2.24, 2.45) is 0 Å². The Morgan fingerprint density at radius 2 is 1.08 bits per heavy atom. The smallest absolute Gasteiger partial charge is 0.135 e. The van der Waals surface area contributed by atoms with Crippen molar-refractivity contribution in [3.8, 4) is 39.1 Å². The largest absolute Gasteiger partial charge is 0.394 e. The van der Waals surface area contributed by atoms with E-state index in [2.05, 4.69) is 101 Å². The number of fused-ring (bicyclic) bond motifs is 3. The quantitative estimate of drug-likeness (QED) is 0.157. The van der Waals surface area contributed by atoms with Gasteiger partial charge in [-0.05, 0) is 85.8 Å². The average molecular weight is 607 g/mol. The van der Waals surface area contributed by atoms with Crippen molar-refractivity contribution >= 4 is 64.0 Å². The monoisotopic (exact) mass is 607 g/mol. The van der Waals surface area contributed by atoms with Crippen molar-refractivity contribution in [2.75, 3.05) is 0 Å². The molecule has 8 radical (unpaired) electrons. The van der Waals surface area contributed by atoms with Crippen LogP contribution in [0.3, 0.4) is 0 Å². The third-order valence-corrected chi connectivity index (χ3v) is 9.03. The molecule has 1 N–H and O–H groups in total. The van der Waals surface area contributed by atoms with Crippen molar-refractivity contribution in [2.45, 2.75) is 10.6 Å². The molecule has 1 unspecified atom stereocenters. The second-order valence-corrected chi connectivity index (χ2v) is 12.2. The van der Waals surface area contributed by atoms with E-state index >= 15 is 0 Å². The Labute approximate surface area is 284 Å². The summed E-state index contributed by atoms with van der Waals surface area (Å²) >= 11 is 0.